The third-order valence-corrected chi connectivity index (χ3v) is 5.59. The Morgan fingerprint density at radius 3 is 2.74 bits per heavy atom. The summed E-state index contributed by atoms with van der Waals surface area (Å²) in [6, 6.07) is 11.3. The summed E-state index contributed by atoms with van der Waals surface area (Å²) in [4.78, 5) is 40.8. The molecule has 0 aliphatic carbocycles. The van der Waals surface area contributed by atoms with Gasteiger partial charge in [-0.2, -0.15) is 0 Å². The molecule has 0 radical (unpaired) electrons. The van der Waals surface area contributed by atoms with Crippen LogP contribution in [0.1, 0.15) is 22.8 Å². The van der Waals surface area contributed by atoms with Crippen LogP contribution in [0.4, 0.5) is 4.39 Å². The monoisotopic (exact) mass is 439 g/mol. The van der Waals surface area contributed by atoms with Gasteiger partial charge in [0.1, 0.15) is 5.82 Å². The topological polar surface area (TPSA) is 81.1 Å². The fraction of sp³-hybridized carbons (Fsp3) is 0.217. The van der Waals surface area contributed by atoms with Crippen LogP contribution in [-0.4, -0.2) is 33.5 Å². The number of carbonyl (C=O) groups excluding carboxylic acids is 2. The zero-order valence-corrected chi connectivity index (χ0v) is 17.9. The Morgan fingerprint density at radius 2 is 2.03 bits per heavy atom. The molecule has 0 bridgehead atoms. The minimum Gasteiger partial charge on any atom is -0.356 e. The first-order valence-electron chi connectivity index (χ1n) is 9.70. The number of para-hydroxylation sites is 1. The highest BCUT2D eigenvalue weighted by Gasteiger charge is 2.15. The van der Waals surface area contributed by atoms with Gasteiger partial charge in [-0.05, 0) is 30.2 Å². The summed E-state index contributed by atoms with van der Waals surface area (Å²) in [5, 5.41) is 3.52. The van der Waals surface area contributed by atoms with Gasteiger partial charge >= 0.3 is 0 Å². The molecule has 1 heterocycles. The van der Waals surface area contributed by atoms with E-state index in [1.54, 1.807) is 42.5 Å². The number of Topliss-reactive ketones (excluding diaryl/α,β-unsaturated/α-hetero) is 1. The summed E-state index contributed by atoms with van der Waals surface area (Å²) in [5.41, 5.74) is 1.02. The molecule has 3 rings (SSSR count). The first-order chi connectivity index (χ1) is 14.9. The van der Waals surface area contributed by atoms with Crippen molar-refractivity contribution in [3.8, 4) is 0 Å². The third-order valence-electron chi connectivity index (χ3n) is 4.61. The lowest BCUT2D eigenvalue weighted by Gasteiger charge is -2.11. The number of hydrogen-bond acceptors (Lipinski definition) is 5. The van der Waals surface area contributed by atoms with Crippen LogP contribution in [0.15, 0.2) is 65.1 Å². The second-order valence-electron chi connectivity index (χ2n) is 6.87. The van der Waals surface area contributed by atoms with Gasteiger partial charge in [0.25, 0.3) is 5.56 Å². The van der Waals surface area contributed by atoms with E-state index in [2.05, 4.69) is 16.9 Å². The average Bonchev–Trinajstić information content (AvgIpc) is 2.75. The van der Waals surface area contributed by atoms with E-state index in [0.29, 0.717) is 34.6 Å². The second-order valence-corrected chi connectivity index (χ2v) is 7.81. The van der Waals surface area contributed by atoms with Crippen LogP contribution in [0.5, 0.6) is 0 Å². The largest absolute Gasteiger partial charge is 0.356 e. The van der Waals surface area contributed by atoms with E-state index >= 15 is 0 Å². The lowest BCUT2D eigenvalue weighted by molar-refractivity contribution is -0.118. The van der Waals surface area contributed by atoms with Gasteiger partial charge in [-0.25, -0.2) is 9.37 Å². The van der Waals surface area contributed by atoms with Crippen LogP contribution in [0.3, 0.4) is 0 Å². The Kier molecular flexibility index (Phi) is 7.36. The Labute approximate surface area is 183 Å². The SMILES string of the molecule is C=CCn1c(SCC(=O)c2ccc(CCNC(C)=O)c(F)c2)nc2ccccc2c1=O. The van der Waals surface area contributed by atoms with Gasteiger partial charge in [-0.15, -0.1) is 6.58 Å². The molecule has 0 unspecified atom stereocenters. The average molecular weight is 440 g/mol. The van der Waals surface area contributed by atoms with Crippen LogP contribution >= 0.6 is 11.8 Å². The number of hydrogen-bond donors (Lipinski definition) is 1. The lowest BCUT2D eigenvalue weighted by atomic mass is 10.1. The van der Waals surface area contributed by atoms with E-state index < -0.39 is 5.82 Å². The van der Waals surface area contributed by atoms with Gasteiger partial charge in [-0.1, -0.05) is 42.1 Å². The van der Waals surface area contributed by atoms with Crippen molar-refractivity contribution < 1.29 is 14.0 Å². The summed E-state index contributed by atoms with van der Waals surface area (Å²) < 4.78 is 15.8. The number of halogens is 1. The molecule has 2 aromatic carbocycles. The molecule has 0 fully saturated rings. The van der Waals surface area contributed by atoms with E-state index in [9.17, 15) is 18.8 Å². The van der Waals surface area contributed by atoms with Gasteiger partial charge in [-0.3, -0.25) is 19.0 Å². The molecule has 8 heteroatoms. The number of amides is 1. The minimum absolute atomic E-state index is 0.00655. The third kappa shape index (κ3) is 5.46. The highest BCUT2D eigenvalue weighted by Crippen LogP contribution is 2.20. The molecule has 1 aromatic heterocycles. The van der Waals surface area contributed by atoms with Crippen molar-refractivity contribution in [3.05, 3.63) is 82.4 Å². The number of aromatic nitrogens is 2. The molecule has 0 atom stereocenters. The Morgan fingerprint density at radius 1 is 1.26 bits per heavy atom. The summed E-state index contributed by atoms with van der Waals surface area (Å²) >= 11 is 1.13. The molecule has 3 aromatic rings. The number of ketones is 1. The highest BCUT2D eigenvalue weighted by molar-refractivity contribution is 7.99. The first-order valence-corrected chi connectivity index (χ1v) is 10.7. The van der Waals surface area contributed by atoms with Crippen LogP contribution in [0, 0.1) is 5.82 Å². The summed E-state index contributed by atoms with van der Waals surface area (Å²) in [7, 11) is 0. The number of nitrogens with one attached hydrogen (secondary N) is 1. The number of fused-ring (bicyclic) bond motifs is 1. The van der Waals surface area contributed by atoms with Gasteiger partial charge in [0.15, 0.2) is 10.9 Å². The van der Waals surface area contributed by atoms with Crippen molar-refractivity contribution in [1.82, 2.24) is 14.9 Å². The number of carbonyl (C=O) groups is 2. The van der Waals surface area contributed by atoms with E-state index in [1.165, 1.54) is 17.6 Å². The van der Waals surface area contributed by atoms with Crippen molar-refractivity contribution in [1.29, 1.82) is 0 Å². The number of nitrogens with zero attached hydrogens (tertiary/aromatic N) is 2. The van der Waals surface area contributed by atoms with E-state index in [1.807, 2.05) is 0 Å². The highest BCUT2D eigenvalue weighted by atomic mass is 32.2. The van der Waals surface area contributed by atoms with Crippen LogP contribution < -0.4 is 10.9 Å². The van der Waals surface area contributed by atoms with E-state index in [4.69, 9.17) is 0 Å². The smallest absolute Gasteiger partial charge is 0.262 e. The van der Waals surface area contributed by atoms with Crippen molar-refractivity contribution in [2.24, 2.45) is 0 Å². The van der Waals surface area contributed by atoms with Gasteiger partial charge in [0, 0.05) is 25.6 Å². The molecule has 0 spiro atoms. The van der Waals surface area contributed by atoms with Crippen molar-refractivity contribution in [2.75, 3.05) is 12.3 Å². The Hall–Kier alpha value is -3.26. The molecular formula is C23H22FN3O3S. The molecule has 0 saturated carbocycles. The van der Waals surface area contributed by atoms with Gasteiger partial charge < -0.3 is 5.32 Å². The Bertz CT molecular complexity index is 1210. The number of thioether (sulfide) groups is 1. The van der Waals surface area contributed by atoms with Gasteiger partial charge in [0.05, 0.1) is 16.7 Å². The molecule has 31 heavy (non-hydrogen) atoms. The molecule has 0 aliphatic heterocycles. The first kappa shape index (κ1) is 22.4. The van der Waals surface area contributed by atoms with Crippen LogP contribution in [0.25, 0.3) is 10.9 Å². The molecule has 1 N–H and O–H groups in total. The maximum Gasteiger partial charge on any atom is 0.262 e. The van der Waals surface area contributed by atoms with E-state index in [0.717, 1.165) is 11.8 Å². The second kappa shape index (κ2) is 10.2. The van der Waals surface area contributed by atoms with Crippen molar-refractivity contribution in [3.63, 3.8) is 0 Å². The summed E-state index contributed by atoms with van der Waals surface area (Å²) in [6.45, 7) is 5.67. The van der Waals surface area contributed by atoms with Crippen molar-refractivity contribution >= 4 is 34.4 Å². The summed E-state index contributed by atoms with van der Waals surface area (Å²) in [6.07, 6.45) is 1.93. The zero-order valence-electron chi connectivity index (χ0n) is 17.1. The van der Waals surface area contributed by atoms with Gasteiger partial charge in [0.2, 0.25) is 5.91 Å². The molecule has 0 saturated heterocycles. The molecule has 1 amide bonds. The van der Waals surface area contributed by atoms with E-state index in [-0.39, 0.29) is 35.1 Å². The summed E-state index contributed by atoms with van der Waals surface area (Å²) in [5.74, 6) is -0.938. The number of rotatable bonds is 9. The minimum atomic E-state index is -0.492. The maximum atomic E-state index is 14.3. The van der Waals surface area contributed by atoms with Crippen LogP contribution in [-0.2, 0) is 17.8 Å². The van der Waals surface area contributed by atoms with Crippen LogP contribution in [0.2, 0.25) is 0 Å². The fourth-order valence-corrected chi connectivity index (χ4v) is 3.96. The predicted molar refractivity (Wildman–Crippen MR) is 120 cm³/mol. The maximum absolute atomic E-state index is 14.3. The number of allylic oxidation sites excluding steroid dienone is 1. The zero-order chi connectivity index (χ0) is 22.4. The molecule has 6 nitrogen and oxygen atoms in total. The normalized spacial score (nSPS) is 10.8. The Balaban J connectivity index is 1.76. The van der Waals surface area contributed by atoms with Crippen molar-refractivity contribution in [2.45, 2.75) is 25.0 Å². The standard InChI is InChI=1S/C23H22FN3O3S/c1-3-12-27-22(30)18-6-4-5-7-20(18)26-23(27)31-14-21(29)17-9-8-16(19(24)13-17)10-11-25-15(2)28/h3-9,13H,1,10-12,14H2,2H3,(H,25,28). The molecule has 160 valence electrons. The molecular weight excluding hydrogens is 417 g/mol. The lowest BCUT2D eigenvalue weighted by Crippen LogP contribution is -2.23. The number of benzene rings is 2. The molecule has 0 aliphatic rings. The fourth-order valence-electron chi connectivity index (χ4n) is 3.06. The predicted octanol–water partition coefficient (Wildman–Crippen LogP) is 3.38. The quantitative estimate of drug-likeness (QED) is 0.239.